The number of nitrogens with zero attached hydrogens (tertiary/aromatic N) is 3. The molecule has 1 aromatic rings. The molecule has 1 heterocycles. The normalized spacial score (nSPS) is 11.2. The first kappa shape index (κ1) is 20.2. The van der Waals surface area contributed by atoms with Gasteiger partial charge in [-0.05, 0) is 33.6 Å². The minimum absolute atomic E-state index is 0. The number of aryl methyl sites for hydroxylation is 2. The van der Waals surface area contributed by atoms with E-state index in [0.717, 1.165) is 43.5 Å². The van der Waals surface area contributed by atoms with Crippen LogP contribution in [0.25, 0.3) is 0 Å². The standard InChI is InChI=1S/C15H28N4O.HI/c1-6-8-11-19(5)15(16-7-2)17-10-9-14-12(3)18-20-13(14)4;/h6-11H2,1-5H3,(H,16,17);1H. The van der Waals surface area contributed by atoms with E-state index < -0.39 is 0 Å². The van der Waals surface area contributed by atoms with Crippen LogP contribution in [0.15, 0.2) is 9.52 Å². The number of nitrogens with one attached hydrogen (secondary N) is 1. The molecule has 0 atom stereocenters. The highest BCUT2D eigenvalue weighted by molar-refractivity contribution is 14.0. The van der Waals surface area contributed by atoms with Crippen LogP contribution < -0.4 is 5.32 Å². The fourth-order valence-corrected chi connectivity index (χ4v) is 2.10. The van der Waals surface area contributed by atoms with Crippen LogP contribution in [0.2, 0.25) is 0 Å². The number of aliphatic imine (C=N–C) groups is 1. The van der Waals surface area contributed by atoms with Crippen LogP contribution in [0.3, 0.4) is 0 Å². The maximum Gasteiger partial charge on any atom is 0.193 e. The van der Waals surface area contributed by atoms with Gasteiger partial charge in [0, 0.05) is 32.2 Å². The molecule has 0 saturated carbocycles. The molecule has 5 nitrogen and oxygen atoms in total. The second-order valence-electron chi connectivity index (χ2n) is 5.06. The van der Waals surface area contributed by atoms with Crippen molar-refractivity contribution in [3.05, 3.63) is 17.0 Å². The molecule has 1 aromatic heterocycles. The Morgan fingerprint density at radius 3 is 2.57 bits per heavy atom. The van der Waals surface area contributed by atoms with Crippen molar-refractivity contribution in [1.82, 2.24) is 15.4 Å². The SMILES string of the molecule is CCCCN(C)C(=NCCc1c(C)noc1C)NCC.I. The Morgan fingerprint density at radius 2 is 2.05 bits per heavy atom. The summed E-state index contributed by atoms with van der Waals surface area (Å²) < 4.78 is 5.18. The molecule has 1 N–H and O–H groups in total. The van der Waals surface area contributed by atoms with Crippen molar-refractivity contribution >= 4 is 29.9 Å². The average Bonchev–Trinajstić information content (AvgIpc) is 2.75. The number of aromatic nitrogens is 1. The van der Waals surface area contributed by atoms with E-state index in [0.29, 0.717) is 0 Å². The van der Waals surface area contributed by atoms with Gasteiger partial charge in [0.05, 0.1) is 5.69 Å². The Balaban J connectivity index is 0.00000400. The molecule has 0 aliphatic heterocycles. The van der Waals surface area contributed by atoms with Gasteiger partial charge in [0.25, 0.3) is 0 Å². The zero-order chi connectivity index (χ0) is 15.0. The van der Waals surface area contributed by atoms with E-state index in [1.807, 2.05) is 13.8 Å². The molecule has 21 heavy (non-hydrogen) atoms. The van der Waals surface area contributed by atoms with Gasteiger partial charge < -0.3 is 14.7 Å². The first-order chi connectivity index (χ1) is 9.60. The predicted octanol–water partition coefficient (Wildman–Crippen LogP) is 3.15. The highest BCUT2D eigenvalue weighted by Gasteiger charge is 2.09. The highest BCUT2D eigenvalue weighted by atomic mass is 127. The third kappa shape index (κ3) is 6.67. The van der Waals surface area contributed by atoms with Crippen LogP contribution in [0.1, 0.15) is 43.7 Å². The summed E-state index contributed by atoms with van der Waals surface area (Å²) >= 11 is 0. The van der Waals surface area contributed by atoms with E-state index in [4.69, 9.17) is 4.52 Å². The first-order valence-corrected chi connectivity index (χ1v) is 7.51. The van der Waals surface area contributed by atoms with E-state index in [9.17, 15) is 0 Å². The van der Waals surface area contributed by atoms with E-state index in [1.54, 1.807) is 0 Å². The van der Waals surface area contributed by atoms with Crippen molar-refractivity contribution in [2.45, 2.75) is 47.0 Å². The molecule has 0 amide bonds. The zero-order valence-electron chi connectivity index (χ0n) is 13.9. The molecule has 0 fully saturated rings. The molecule has 0 unspecified atom stereocenters. The van der Waals surface area contributed by atoms with Gasteiger partial charge >= 0.3 is 0 Å². The summed E-state index contributed by atoms with van der Waals surface area (Å²) in [5.74, 6) is 1.88. The van der Waals surface area contributed by atoms with Gasteiger partial charge in [-0.2, -0.15) is 0 Å². The zero-order valence-corrected chi connectivity index (χ0v) is 16.2. The molecule has 0 bridgehead atoms. The molecular formula is C15H29IN4O. The van der Waals surface area contributed by atoms with Crippen molar-refractivity contribution in [2.75, 3.05) is 26.7 Å². The first-order valence-electron chi connectivity index (χ1n) is 7.51. The third-order valence-corrected chi connectivity index (χ3v) is 3.35. The second kappa shape index (κ2) is 10.9. The molecule has 0 radical (unpaired) electrons. The summed E-state index contributed by atoms with van der Waals surface area (Å²) in [6.45, 7) is 10.9. The summed E-state index contributed by atoms with van der Waals surface area (Å²) in [7, 11) is 2.09. The summed E-state index contributed by atoms with van der Waals surface area (Å²) in [5.41, 5.74) is 2.16. The van der Waals surface area contributed by atoms with Crippen molar-refractivity contribution < 1.29 is 4.52 Å². The average molecular weight is 408 g/mol. The van der Waals surface area contributed by atoms with Crippen LogP contribution in [-0.2, 0) is 6.42 Å². The smallest absolute Gasteiger partial charge is 0.193 e. The molecular weight excluding hydrogens is 379 g/mol. The lowest BCUT2D eigenvalue weighted by molar-refractivity contribution is 0.392. The Morgan fingerprint density at radius 1 is 1.33 bits per heavy atom. The van der Waals surface area contributed by atoms with Crippen molar-refractivity contribution in [3.8, 4) is 0 Å². The van der Waals surface area contributed by atoms with Crippen LogP contribution in [0.4, 0.5) is 0 Å². The quantitative estimate of drug-likeness (QED) is 0.428. The summed E-state index contributed by atoms with van der Waals surface area (Å²) in [4.78, 5) is 6.88. The van der Waals surface area contributed by atoms with Crippen molar-refractivity contribution in [1.29, 1.82) is 0 Å². The third-order valence-electron chi connectivity index (χ3n) is 3.35. The molecule has 0 aromatic carbocycles. The number of hydrogen-bond donors (Lipinski definition) is 1. The Hall–Kier alpha value is -0.790. The maximum absolute atomic E-state index is 5.18. The largest absolute Gasteiger partial charge is 0.361 e. The predicted molar refractivity (Wildman–Crippen MR) is 98.6 cm³/mol. The maximum atomic E-state index is 5.18. The van der Waals surface area contributed by atoms with Gasteiger partial charge in [-0.1, -0.05) is 18.5 Å². The van der Waals surface area contributed by atoms with Crippen LogP contribution in [0, 0.1) is 13.8 Å². The number of halogens is 1. The van der Waals surface area contributed by atoms with Crippen LogP contribution in [0.5, 0.6) is 0 Å². The van der Waals surface area contributed by atoms with Gasteiger partial charge in [0.15, 0.2) is 5.96 Å². The number of guanidine groups is 1. The second-order valence-corrected chi connectivity index (χ2v) is 5.06. The fraction of sp³-hybridized carbons (Fsp3) is 0.733. The molecule has 0 spiro atoms. The Bertz CT molecular complexity index is 412. The molecule has 0 saturated heterocycles. The van der Waals surface area contributed by atoms with E-state index in [2.05, 4.69) is 41.3 Å². The minimum atomic E-state index is 0. The van der Waals surface area contributed by atoms with E-state index in [-0.39, 0.29) is 24.0 Å². The lowest BCUT2D eigenvalue weighted by atomic mass is 10.1. The van der Waals surface area contributed by atoms with Crippen molar-refractivity contribution in [3.63, 3.8) is 0 Å². The highest BCUT2D eigenvalue weighted by Crippen LogP contribution is 2.12. The van der Waals surface area contributed by atoms with Gasteiger partial charge in [-0.15, -0.1) is 24.0 Å². The molecule has 122 valence electrons. The number of unbranched alkanes of at least 4 members (excludes halogenated alkanes) is 1. The summed E-state index contributed by atoms with van der Waals surface area (Å²) in [6, 6.07) is 0. The fourth-order valence-electron chi connectivity index (χ4n) is 2.10. The molecule has 1 rings (SSSR count). The minimum Gasteiger partial charge on any atom is -0.361 e. The lowest BCUT2D eigenvalue weighted by Gasteiger charge is -2.21. The van der Waals surface area contributed by atoms with Crippen molar-refractivity contribution in [2.24, 2.45) is 4.99 Å². The topological polar surface area (TPSA) is 53.7 Å². The number of hydrogen-bond acceptors (Lipinski definition) is 3. The Kier molecular flexibility index (Phi) is 10.5. The molecule has 0 aliphatic carbocycles. The van der Waals surface area contributed by atoms with Crippen LogP contribution in [-0.4, -0.2) is 42.7 Å². The number of rotatable bonds is 7. The van der Waals surface area contributed by atoms with Gasteiger partial charge in [0.1, 0.15) is 5.76 Å². The Labute approximate surface area is 145 Å². The van der Waals surface area contributed by atoms with E-state index in [1.165, 1.54) is 18.4 Å². The summed E-state index contributed by atoms with van der Waals surface area (Å²) in [6.07, 6.45) is 3.26. The van der Waals surface area contributed by atoms with Gasteiger partial charge in [0.2, 0.25) is 0 Å². The van der Waals surface area contributed by atoms with Gasteiger partial charge in [-0.3, -0.25) is 4.99 Å². The van der Waals surface area contributed by atoms with Gasteiger partial charge in [-0.25, -0.2) is 0 Å². The molecule has 0 aliphatic rings. The summed E-state index contributed by atoms with van der Waals surface area (Å²) in [5, 5.41) is 7.31. The van der Waals surface area contributed by atoms with Crippen LogP contribution >= 0.6 is 24.0 Å². The molecule has 6 heteroatoms. The monoisotopic (exact) mass is 408 g/mol. The van der Waals surface area contributed by atoms with E-state index >= 15 is 0 Å². The lowest BCUT2D eigenvalue weighted by Crippen LogP contribution is -2.39.